The van der Waals surface area contributed by atoms with Crippen LogP contribution in [0.1, 0.15) is 36.0 Å². The number of carbonyl (C=O) groups excluding carboxylic acids is 1. The third kappa shape index (κ3) is 4.82. The normalized spacial score (nSPS) is 19.4. The van der Waals surface area contributed by atoms with Gasteiger partial charge in [0.25, 0.3) is 11.6 Å². The van der Waals surface area contributed by atoms with Crippen molar-refractivity contribution in [2.24, 2.45) is 5.92 Å². The largest absolute Gasteiger partial charge is 0.377 e. The van der Waals surface area contributed by atoms with Crippen LogP contribution in [0.2, 0.25) is 0 Å². The van der Waals surface area contributed by atoms with Crippen LogP contribution in [-0.2, 0) is 0 Å². The Morgan fingerprint density at radius 3 is 2.75 bits per heavy atom. The maximum absolute atomic E-state index is 12.2. The van der Waals surface area contributed by atoms with Crippen molar-refractivity contribution >= 4 is 29.7 Å². The maximum Gasteiger partial charge on any atom is 0.293 e. The van der Waals surface area contributed by atoms with Crippen molar-refractivity contribution in [1.82, 2.24) is 10.6 Å². The number of nitrogens with zero attached hydrogens (tertiary/aromatic N) is 1. The van der Waals surface area contributed by atoms with E-state index in [0.29, 0.717) is 29.8 Å². The van der Waals surface area contributed by atoms with Gasteiger partial charge in [0.15, 0.2) is 0 Å². The average molecular weight is 355 g/mol. The van der Waals surface area contributed by atoms with Crippen LogP contribution in [0.25, 0.3) is 0 Å². The summed E-state index contributed by atoms with van der Waals surface area (Å²) in [5.74, 6) is 0.354. The summed E-state index contributed by atoms with van der Waals surface area (Å²) in [5.41, 5.74) is 0.790. The van der Waals surface area contributed by atoms with Gasteiger partial charge in [-0.3, -0.25) is 14.9 Å². The standard InChI is InChI=1S/C16H22N4O3.ClH/c21-16(18-8-6-11-5-7-17-10-11)12-1-4-14(19-13-2-3-13)15(9-12)20(22)23;/h1,4,9,11,13,17,19H,2-3,5-8,10H2,(H,18,21);1H. The van der Waals surface area contributed by atoms with Gasteiger partial charge in [-0.05, 0) is 56.8 Å². The van der Waals surface area contributed by atoms with Gasteiger partial charge in [-0.15, -0.1) is 12.4 Å². The molecule has 7 nitrogen and oxygen atoms in total. The van der Waals surface area contributed by atoms with Gasteiger partial charge in [0.2, 0.25) is 0 Å². The first-order valence-electron chi connectivity index (χ1n) is 8.17. The molecule has 24 heavy (non-hydrogen) atoms. The molecule has 1 saturated heterocycles. The van der Waals surface area contributed by atoms with E-state index in [1.807, 2.05) is 0 Å². The van der Waals surface area contributed by atoms with E-state index in [0.717, 1.165) is 38.8 Å². The number of nitrogens with one attached hydrogen (secondary N) is 3. The molecule has 2 aliphatic rings. The van der Waals surface area contributed by atoms with Gasteiger partial charge in [-0.2, -0.15) is 0 Å². The van der Waals surface area contributed by atoms with Crippen LogP contribution < -0.4 is 16.0 Å². The first kappa shape index (κ1) is 18.5. The highest BCUT2D eigenvalue weighted by atomic mass is 35.5. The molecule has 1 aromatic rings. The van der Waals surface area contributed by atoms with E-state index in [9.17, 15) is 14.9 Å². The van der Waals surface area contributed by atoms with Gasteiger partial charge >= 0.3 is 0 Å². The number of carbonyl (C=O) groups is 1. The summed E-state index contributed by atoms with van der Waals surface area (Å²) < 4.78 is 0. The zero-order chi connectivity index (χ0) is 16.2. The lowest BCUT2D eigenvalue weighted by Gasteiger charge is -2.10. The maximum atomic E-state index is 12.2. The van der Waals surface area contributed by atoms with Gasteiger partial charge in [-0.25, -0.2) is 0 Å². The van der Waals surface area contributed by atoms with E-state index in [1.165, 1.54) is 6.07 Å². The molecule has 8 heteroatoms. The number of hydrogen-bond acceptors (Lipinski definition) is 5. The van der Waals surface area contributed by atoms with Gasteiger partial charge in [-0.1, -0.05) is 0 Å². The van der Waals surface area contributed by atoms with Gasteiger partial charge < -0.3 is 16.0 Å². The van der Waals surface area contributed by atoms with E-state index in [2.05, 4.69) is 16.0 Å². The molecule has 1 atom stereocenters. The molecule has 1 aliphatic heterocycles. The van der Waals surface area contributed by atoms with Crippen molar-refractivity contribution in [3.05, 3.63) is 33.9 Å². The fourth-order valence-electron chi connectivity index (χ4n) is 2.85. The minimum atomic E-state index is -0.439. The summed E-state index contributed by atoms with van der Waals surface area (Å²) in [4.78, 5) is 22.9. The fourth-order valence-corrected chi connectivity index (χ4v) is 2.85. The molecule has 3 N–H and O–H groups in total. The van der Waals surface area contributed by atoms with Crippen LogP contribution >= 0.6 is 12.4 Å². The van der Waals surface area contributed by atoms with Crippen LogP contribution in [0, 0.1) is 16.0 Å². The molecule has 1 aliphatic carbocycles. The summed E-state index contributed by atoms with van der Waals surface area (Å²) in [7, 11) is 0. The number of anilines is 1. The van der Waals surface area contributed by atoms with Crippen LogP contribution in [0.5, 0.6) is 0 Å². The molecule has 1 unspecified atom stereocenters. The topological polar surface area (TPSA) is 96.3 Å². The number of amides is 1. The quantitative estimate of drug-likeness (QED) is 0.516. The van der Waals surface area contributed by atoms with Crippen LogP contribution in [0.15, 0.2) is 18.2 Å². The van der Waals surface area contributed by atoms with Crippen molar-refractivity contribution in [1.29, 1.82) is 0 Å². The molecular formula is C16H23ClN4O3. The van der Waals surface area contributed by atoms with Gasteiger partial charge in [0, 0.05) is 24.2 Å². The summed E-state index contributed by atoms with van der Waals surface area (Å²) in [6.45, 7) is 2.64. The Kier molecular flexibility index (Phi) is 6.39. The average Bonchev–Trinajstić information content (AvgIpc) is 3.20. The second kappa shape index (κ2) is 8.30. The zero-order valence-corrected chi connectivity index (χ0v) is 14.2. The molecular weight excluding hydrogens is 332 g/mol. The van der Waals surface area contributed by atoms with E-state index in [-0.39, 0.29) is 24.0 Å². The number of halogens is 1. The zero-order valence-electron chi connectivity index (χ0n) is 13.4. The smallest absolute Gasteiger partial charge is 0.293 e. The first-order chi connectivity index (χ1) is 11.1. The molecule has 1 aromatic carbocycles. The molecule has 1 amide bonds. The SMILES string of the molecule is Cl.O=C(NCCC1CCNC1)c1ccc(NC2CC2)c([N+](=O)[O-])c1. The molecule has 0 spiro atoms. The number of rotatable bonds is 7. The van der Waals surface area contributed by atoms with E-state index in [1.54, 1.807) is 12.1 Å². The molecule has 0 bridgehead atoms. The number of nitro benzene ring substituents is 1. The Morgan fingerprint density at radius 2 is 2.12 bits per heavy atom. The third-order valence-corrected chi connectivity index (χ3v) is 4.39. The van der Waals surface area contributed by atoms with Crippen LogP contribution in [0.3, 0.4) is 0 Å². The van der Waals surface area contributed by atoms with E-state index < -0.39 is 4.92 Å². The Bertz CT molecular complexity index is 601. The fraction of sp³-hybridized carbons (Fsp3) is 0.562. The molecule has 2 fully saturated rings. The first-order valence-corrected chi connectivity index (χ1v) is 8.17. The van der Waals surface area contributed by atoms with Crippen molar-refractivity contribution in [2.45, 2.75) is 31.7 Å². The Balaban J connectivity index is 0.00000208. The lowest BCUT2D eigenvalue weighted by molar-refractivity contribution is -0.384. The van der Waals surface area contributed by atoms with E-state index in [4.69, 9.17) is 0 Å². The molecule has 3 rings (SSSR count). The van der Waals surface area contributed by atoms with Gasteiger partial charge in [0.1, 0.15) is 5.69 Å². The van der Waals surface area contributed by atoms with Crippen LogP contribution in [0.4, 0.5) is 11.4 Å². The predicted octanol–water partition coefficient (Wildman–Crippen LogP) is 2.32. The predicted molar refractivity (Wildman–Crippen MR) is 94.9 cm³/mol. The summed E-state index contributed by atoms with van der Waals surface area (Å²) in [5, 5.41) is 20.5. The number of nitro groups is 1. The Labute approximate surface area is 147 Å². The number of benzene rings is 1. The van der Waals surface area contributed by atoms with E-state index >= 15 is 0 Å². The van der Waals surface area contributed by atoms with Crippen molar-refractivity contribution < 1.29 is 9.72 Å². The highest BCUT2D eigenvalue weighted by Gasteiger charge is 2.25. The Morgan fingerprint density at radius 1 is 1.33 bits per heavy atom. The molecule has 1 heterocycles. The third-order valence-electron chi connectivity index (χ3n) is 4.39. The summed E-state index contributed by atoms with van der Waals surface area (Å²) in [6.07, 6.45) is 4.15. The molecule has 1 saturated carbocycles. The molecule has 0 radical (unpaired) electrons. The van der Waals surface area contributed by atoms with Crippen molar-refractivity contribution in [3.8, 4) is 0 Å². The van der Waals surface area contributed by atoms with Gasteiger partial charge in [0.05, 0.1) is 4.92 Å². The van der Waals surface area contributed by atoms with Crippen molar-refractivity contribution in [3.63, 3.8) is 0 Å². The second-order valence-corrected chi connectivity index (χ2v) is 6.31. The molecule has 132 valence electrons. The lowest BCUT2D eigenvalue weighted by Crippen LogP contribution is -2.26. The summed E-state index contributed by atoms with van der Waals surface area (Å²) >= 11 is 0. The monoisotopic (exact) mass is 354 g/mol. The lowest BCUT2D eigenvalue weighted by atomic mass is 10.1. The summed E-state index contributed by atoms with van der Waals surface area (Å²) in [6, 6.07) is 4.96. The Hall–Kier alpha value is -1.86. The molecule has 0 aromatic heterocycles. The minimum absolute atomic E-state index is 0. The second-order valence-electron chi connectivity index (χ2n) is 6.31. The number of hydrogen-bond donors (Lipinski definition) is 3. The highest BCUT2D eigenvalue weighted by molar-refractivity contribution is 5.95. The minimum Gasteiger partial charge on any atom is -0.377 e. The van der Waals surface area contributed by atoms with Crippen molar-refractivity contribution in [2.75, 3.05) is 25.0 Å². The highest BCUT2D eigenvalue weighted by Crippen LogP contribution is 2.31. The van der Waals surface area contributed by atoms with Crippen LogP contribution in [-0.4, -0.2) is 36.5 Å².